The van der Waals surface area contributed by atoms with E-state index in [1.165, 1.54) is 7.05 Å². The molecule has 0 aromatic heterocycles. The second-order valence-corrected chi connectivity index (χ2v) is 2.04. The van der Waals surface area contributed by atoms with Gasteiger partial charge >= 0.3 is 12.1 Å². The smallest absolute Gasteiger partial charge is 0.410 e. The highest BCUT2D eigenvalue weighted by Crippen LogP contribution is 2.08. The maximum absolute atomic E-state index is 10.5. The van der Waals surface area contributed by atoms with Gasteiger partial charge in [0.15, 0.2) is 6.04 Å². The molecule has 5 nitrogen and oxygen atoms in total. The number of aliphatic carboxylic acids is 1. The molecule has 0 aromatic rings. The second kappa shape index (κ2) is 2.17. The number of carboxylic acid groups (broad SMARTS) is 1. The molecule has 1 saturated heterocycles. The highest BCUT2D eigenvalue weighted by atomic mass is 16.6. The average Bonchev–Trinajstić information content (AvgIpc) is 2.14. The van der Waals surface area contributed by atoms with Crippen LogP contribution in [0.3, 0.4) is 0 Å². The molecular formula is C5H7NO4. The molecule has 1 amide bonds. The summed E-state index contributed by atoms with van der Waals surface area (Å²) in [7, 11) is 1.40. The van der Waals surface area contributed by atoms with E-state index in [0.29, 0.717) is 0 Å². The van der Waals surface area contributed by atoms with Crippen LogP contribution in [0.1, 0.15) is 0 Å². The molecule has 56 valence electrons. The van der Waals surface area contributed by atoms with E-state index in [9.17, 15) is 9.59 Å². The lowest BCUT2D eigenvalue weighted by Crippen LogP contribution is -2.36. The minimum absolute atomic E-state index is 0.0509. The number of nitrogens with zero attached hydrogens (tertiary/aromatic N) is 1. The molecule has 1 aliphatic heterocycles. The Labute approximate surface area is 57.2 Å². The van der Waals surface area contributed by atoms with Gasteiger partial charge in [-0.1, -0.05) is 0 Å². The molecule has 1 aliphatic rings. The van der Waals surface area contributed by atoms with Gasteiger partial charge in [-0.05, 0) is 0 Å². The third-order valence-corrected chi connectivity index (χ3v) is 1.41. The third-order valence-electron chi connectivity index (χ3n) is 1.41. The Morgan fingerprint density at radius 1 is 1.90 bits per heavy atom. The van der Waals surface area contributed by atoms with Gasteiger partial charge in [-0.3, -0.25) is 4.90 Å². The van der Waals surface area contributed by atoms with Crippen LogP contribution < -0.4 is 0 Å². The van der Waals surface area contributed by atoms with Crippen molar-refractivity contribution in [2.24, 2.45) is 0 Å². The number of carbonyl (C=O) groups is 2. The summed E-state index contributed by atoms with van der Waals surface area (Å²) in [5.74, 6) is -1.03. The van der Waals surface area contributed by atoms with Gasteiger partial charge in [-0.2, -0.15) is 0 Å². The lowest BCUT2D eigenvalue weighted by molar-refractivity contribution is -0.141. The molecule has 5 heteroatoms. The Morgan fingerprint density at radius 2 is 2.50 bits per heavy atom. The summed E-state index contributed by atoms with van der Waals surface area (Å²) in [4.78, 5) is 21.9. The first-order valence-electron chi connectivity index (χ1n) is 2.75. The molecule has 1 heterocycles. The van der Waals surface area contributed by atoms with Crippen LogP contribution >= 0.6 is 0 Å². The first-order chi connectivity index (χ1) is 4.63. The van der Waals surface area contributed by atoms with E-state index >= 15 is 0 Å². The maximum atomic E-state index is 10.5. The van der Waals surface area contributed by atoms with Crippen LogP contribution in [-0.4, -0.2) is 41.8 Å². The maximum Gasteiger partial charge on any atom is 0.410 e. The monoisotopic (exact) mass is 145 g/mol. The fourth-order valence-electron chi connectivity index (χ4n) is 0.728. The molecule has 1 atom stereocenters. The van der Waals surface area contributed by atoms with Gasteiger partial charge in [-0.15, -0.1) is 0 Å². The van der Waals surface area contributed by atoms with Gasteiger partial charge < -0.3 is 9.84 Å². The Balaban J connectivity index is 2.66. The summed E-state index contributed by atoms with van der Waals surface area (Å²) in [6.07, 6.45) is -0.576. The Hall–Kier alpha value is -1.26. The zero-order valence-electron chi connectivity index (χ0n) is 5.40. The average molecular weight is 145 g/mol. The van der Waals surface area contributed by atoms with E-state index in [-0.39, 0.29) is 6.61 Å². The quantitative estimate of drug-likeness (QED) is 0.541. The number of carbonyl (C=O) groups excluding carboxylic acids is 1. The molecule has 0 aliphatic carbocycles. The van der Waals surface area contributed by atoms with Crippen LogP contribution in [0.2, 0.25) is 0 Å². The zero-order valence-corrected chi connectivity index (χ0v) is 5.40. The zero-order chi connectivity index (χ0) is 7.72. The predicted molar refractivity (Wildman–Crippen MR) is 30.5 cm³/mol. The highest BCUT2D eigenvalue weighted by Gasteiger charge is 2.34. The van der Waals surface area contributed by atoms with Crippen molar-refractivity contribution in [3.63, 3.8) is 0 Å². The van der Waals surface area contributed by atoms with Crippen molar-refractivity contribution >= 4 is 12.1 Å². The minimum Gasteiger partial charge on any atom is -0.480 e. The van der Waals surface area contributed by atoms with Gasteiger partial charge in [0.25, 0.3) is 0 Å². The summed E-state index contributed by atoms with van der Waals surface area (Å²) in [5.41, 5.74) is 0. The summed E-state index contributed by atoms with van der Waals surface area (Å²) < 4.78 is 4.45. The minimum atomic E-state index is -1.03. The number of likely N-dealkylation sites (N-methyl/N-ethyl adjacent to an activating group) is 1. The van der Waals surface area contributed by atoms with Gasteiger partial charge in [-0.25, -0.2) is 9.59 Å². The van der Waals surface area contributed by atoms with E-state index in [1.54, 1.807) is 0 Å². The number of rotatable bonds is 1. The lowest BCUT2D eigenvalue weighted by Gasteiger charge is -2.09. The number of ether oxygens (including phenoxy) is 1. The van der Waals surface area contributed by atoms with Gasteiger partial charge in [0.2, 0.25) is 0 Å². The fourth-order valence-corrected chi connectivity index (χ4v) is 0.728. The van der Waals surface area contributed by atoms with Crippen molar-refractivity contribution in [1.29, 1.82) is 0 Å². The molecular weight excluding hydrogens is 138 g/mol. The number of cyclic esters (lactones) is 1. The molecule has 0 bridgehead atoms. The third kappa shape index (κ3) is 0.896. The van der Waals surface area contributed by atoms with Crippen LogP contribution in [0.4, 0.5) is 4.79 Å². The molecule has 0 radical (unpaired) electrons. The first-order valence-corrected chi connectivity index (χ1v) is 2.75. The van der Waals surface area contributed by atoms with Crippen molar-refractivity contribution < 1.29 is 19.4 Å². The Bertz CT molecular complexity index is 178. The Kier molecular flexibility index (Phi) is 1.48. The largest absolute Gasteiger partial charge is 0.480 e. The van der Waals surface area contributed by atoms with Crippen molar-refractivity contribution in [3.05, 3.63) is 0 Å². The molecule has 1 rings (SSSR count). The molecule has 1 N–H and O–H groups in total. The normalized spacial score (nSPS) is 24.7. The summed E-state index contributed by atoms with van der Waals surface area (Å²) in [6.45, 7) is -0.0509. The van der Waals surface area contributed by atoms with Crippen molar-refractivity contribution in [2.45, 2.75) is 6.04 Å². The standard InChI is InChI=1S/C5H7NO4/c1-6-3(4(7)8)2-10-5(6)9/h3H,2H2,1H3,(H,7,8)/t3-/m1/s1. The van der Waals surface area contributed by atoms with E-state index in [4.69, 9.17) is 5.11 Å². The molecule has 10 heavy (non-hydrogen) atoms. The van der Waals surface area contributed by atoms with Crippen molar-refractivity contribution in [2.75, 3.05) is 13.7 Å². The van der Waals surface area contributed by atoms with Gasteiger partial charge in [0.05, 0.1) is 0 Å². The van der Waals surface area contributed by atoms with Crippen LogP contribution in [-0.2, 0) is 9.53 Å². The first kappa shape index (κ1) is 6.85. The van der Waals surface area contributed by atoms with Crippen LogP contribution in [0, 0.1) is 0 Å². The van der Waals surface area contributed by atoms with Gasteiger partial charge in [0.1, 0.15) is 6.61 Å². The van der Waals surface area contributed by atoms with E-state index < -0.39 is 18.1 Å². The molecule has 1 fully saturated rings. The van der Waals surface area contributed by atoms with Crippen LogP contribution in [0.15, 0.2) is 0 Å². The molecule has 0 aromatic carbocycles. The molecule has 0 saturated carbocycles. The summed E-state index contributed by atoms with van der Waals surface area (Å²) in [6, 6.07) is -0.813. The van der Waals surface area contributed by atoms with Crippen LogP contribution in [0.25, 0.3) is 0 Å². The lowest BCUT2D eigenvalue weighted by atomic mass is 10.3. The number of hydrogen-bond acceptors (Lipinski definition) is 3. The predicted octanol–water partition coefficient (Wildman–Crippen LogP) is -0.478. The molecule has 0 unspecified atom stereocenters. The topological polar surface area (TPSA) is 66.8 Å². The summed E-state index contributed by atoms with van der Waals surface area (Å²) >= 11 is 0. The van der Waals surface area contributed by atoms with Crippen molar-refractivity contribution in [1.82, 2.24) is 4.90 Å². The highest BCUT2D eigenvalue weighted by molar-refractivity contribution is 5.82. The SMILES string of the molecule is CN1C(=O)OC[C@@H]1C(=O)O. The van der Waals surface area contributed by atoms with Gasteiger partial charge in [0, 0.05) is 7.05 Å². The van der Waals surface area contributed by atoms with E-state index in [2.05, 4.69) is 4.74 Å². The Morgan fingerprint density at radius 3 is 2.70 bits per heavy atom. The number of hydrogen-bond donors (Lipinski definition) is 1. The van der Waals surface area contributed by atoms with Crippen LogP contribution in [0.5, 0.6) is 0 Å². The number of amides is 1. The van der Waals surface area contributed by atoms with E-state index in [1.807, 2.05) is 0 Å². The molecule has 0 spiro atoms. The second-order valence-electron chi connectivity index (χ2n) is 2.04. The number of carboxylic acids is 1. The fraction of sp³-hybridized carbons (Fsp3) is 0.600. The van der Waals surface area contributed by atoms with Crippen molar-refractivity contribution in [3.8, 4) is 0 Å². The summed E-state index contributed by atoms with van der Waals surface area (Å²) in [5, 5.41) is 8.43. The van der Waals surface area contributed by atoms with E-state index in [0.717, 1.165) is 4.90 Å².